The van der Waals surface area contributed by atoms with Crippen molar-refractivity contribution in [2.24, 2.45) is 52.4 Å². The van der Waals surface area contributed by atoms with Gasteiger partial charge in [0.25, 0.3) is 5.56 Å². The molecule has 3 saturated carbocycles. The number of nitrogens with zero attached hydrogens (tertiary/aromatic N) is 3. The number of halogens is 1. The van der Waals surface area contributed by atoms with Crippen LogP contribution in [0.4, 0.5) is 4.39 Å². The van der Waals surface area contributed by atoms with Crippen LogP contribution in [-0.4, -0.2) is 43.3 Å². The van der Waals surface area contributed by atoms with Gasteiger partial charge in [0, 0.05) is 24.9 Å². The van der Waals surface area contributed by atoms with Crippen LogP contribution in [0.1, 0.15) is 139 Å². The van der Waals surface area contributed by atoms with E-state index in [9.17, 15) is 28.7 Å². The van der Waals surface area contributed by atoms with Crippen molar-refractivity contribution in [2.45, 2.75) is 144 Å². The van der Waals surface area contributed by atoms with E-state index < -0.39 is 28.6 Å². The first-order valence-electron chi connectivity index (χ1n) is 20.3. The molecule has 0 saturated heterocycles. The Morgan fingerprint density at radius 1 is 1.07 bits per heavy atom. The molecule has 4 aliphatic rings. The van der Waals surface area contributed by atoms with E-state index in [-0.39, 0.29) is 51.9 Å². The van der Waals surface area contributed by atoms with E-state index in [2.05, 4.69) is 46.5 Å². The van der Waals surface area contributed by atoms with Gasteiger partial charge < -0.3 is 9.84 Å². The summed E-state index contributed by atoms with van der Waals surface area (Å²) in [7, 11) is 1.86. The number of carboxylic acids is 1. The summed E-state index contributed by atoms with van der Waals surface area (Å²) in [5.41, 5.74) is 0.914. The third-order valence-corrected chi connectivity index (χ3v) is 15.6. The number of hydrogen-bond acceptors (Lipinski definition) is 6. The quantitative estimate of drug-likeness (QED) is 0.228. The average Bonchev–Trinajstić information content (AvgIpc) is 3.58. The van der Waals surface area contributed by atoms with Gasteiger partial charge in [0.05, 0.1) is 23.7 Å². The van der Waals surface area contributed by atoms with Crippen LogP contribution in [0, 0.1) is 51.1 Å². The number of carboxylic acid groups (broad SMARTS) is 1. The highest BCUT2D eigenvalue weighted by molar-refractivity contribution is 6.01. The van der Waals surface area contributed by atoms with E-state index in [0.29, 0.717) is 30.5 Å². The number of aromatic nitrogens is 3. The van der Waals surface area contributed by atoms with E-state index in [4.69, 9.17) is 4.74 Å². The lowest BCUT2D eigenvalue weighted by atomic mass is 9.35. The van der Waals surface area contributed by atoms with Crippen LogP contribution in [0.25, 0.3) is 5.82 Å². The monoisotopic (exact) mass is 747 g/mol. The first-order chi connectivity index (χ1) is 25.2. The van der Waals surface area contributed by atoms with Crippen molar-refractivity contribution in [2.75, 3.05) is 0 Å². The summed E-state index contributed by atoms with van der Waals surface area (Å²) < 4.78 is 23.1. The molecule has 2 unspecified atom stereocenters. The van der Waals surface area contributed by atoms with Crippen LogP contribution in [0.15, 0.2) is 40.3 Å². The zero-order valence-electron chi connectivity index (χ0n) is 34.2. The number of carbonyl (C=O) groups excluding carboxylic acids is 2. The molecule has 8 atom stereocenters. The summed E-state index contributed by atoms with van der Waals surface area (Å²) in [5, 5.41) is 9.55. The number of aliphatic carboxylic acids is 1. The van der Waals surface area contributed by atoms with Gasteiger partial charge in [-0.3, -0.25) is 23.9 Å². The molecule has 4 aliphatic carbocycles. The Morgan fingerprint density at radius 3 is 2.39 bits per heavy atom. The highest BCUT2D eigenvalue weighted by Gasteiger charge is 2.68. The Kier molecular flexibility index (Phi) is 10.3. The number of ether oxygens (including phenoxy) is 1. The van der Waals surface area contributed by atoms with Crippen molar-refractivity contribution in [3.05, 3.63) is 57.4 Å². The summed E-state index contributed by atoms with van der Waals surface area (Å²) in [5.74, 6) is -0.275. The molecule has 0 aromatic carbocycles. The second-order valence-electron chi connectivity index (χ2n) is 19.1. The molecule has 0 radical (unpaired) electrons. The maximum atomic E-state index is 14.3. The lowest BCUT2D eigenvalue weighted by Gasteiger charge is -2.69. The molecule has 6 rings (SSSR count). The van der Waals surface area contributed by atoms with Crippen LogP contribution < -0.4 is 5.56 Å². The normalized spacial score (nSPS) is 33.0. The molecule has 2 aromatic rings. The van der Waals surface area contributed by atoms with Crippen molar-refractivity contribution < 1.29 is 28.6 Å². The fraction of sp³-hybridized carbons (Fsp3) is 0.705. The Bertz CT molecular complexity index is 1910. The fourth-order valence-corrected chi connectivity index (χ4v) is 12.1. The van der Waals surface area contributed by atoms with E-state index in [0.717, 1.165) is 68.8 Å². The number of esters is 1. The second kappa shape index (κ2) is 13.9. The molecular formula is C44H62FN3O6. The van der Waals surface area contributed by atoms with E-state index >= 15 is 0 Å². The van der Waals surface area contributed by atoms with Gasteiger partial charge in [0.1, 0.15) is 11.9 Å². The Labute approximate surface area is 320 Å². The van der Waals surface area contributed by atoms with Gasteiger partial charge in [0.15, 0.2) is 11.6 Å². The maximum Gasteiger partial charge on any atom is 0.309 e. The number of hydrogen-bond donors (Lipinski definition) is 1. The Hall–Kier alpha value is -3.56. The van der Waals surface area contributed by atoms with Gasteiger partial charge in [-0.1, -0.05) is 48.5 Å². The summed E-state index contributed by atoms with van der Waals surface area (Å²) in [6.45, 7) is 19.2. The van der Waals surface area contributed by atoms with E-state index in [1.807, 2.05) is 18.7 Å². The molecular weight excluding hydrogens is 685 g/mol. The molecule has 9 nitrogen and oxygen atoms in total. The highest BCUT2D eigenvalue weighted by Crippen LogP contribution is 2.74. The number of carbonyl (C=O) groups is 3. The summed E-state index contributed by atoms with van der Waals surface area (Å²) in [6, 6.07) is 4.52. The molecule has 2 aromatic heterocycles. The van der Waals surface area contributed by atoms with Crippen molar-refractivity contribution in [3.8, 4) is 5.82 Å². The molecule has 3 fully saturated rings. The third kappa shape index (κ3) is 6.12. The minimum atomic E-state index is -1.18. The largest absolute Gasteiger partial charge is 0.481 e. The second-order valence-corrected chi connectivity index (χ2v) is 19.1. The number of rotatable bonds is 11. The lowest BCUT2D eigenvalue weighted by molar-refractivity contribution is -0.184. The topological polar surface area (TPSA) is 120 Å². The van der Waals surface area contributed by atoms with Crippen molar-refractivity contribution in [3.63, 3.8) is 0 Å². The number of pyridine rings is 1. The molecule has 10 heteroatoms. The summed E-state index contributed by atoms with van der Waals surface area (Å²) >= 11 is 0. The highest BCUT2D eigenvalue weighted by atomic mass is 19.1. The molecule has 296 valence electrons. The Morgan fingerprint density at radius 2 is 1.78 bits per heavy atom. The van der Waals surface area contributed by atoms with Gasteiger partial charge in [-0.2, -0.15) is 4.68 Å². The van der Waals surface area contributed by atoms with Crippen LogP contribution in [-0.2, 0) is 31.6 Å². The van der Waals surface area contributed by atoms with Gasteiger partial charge in [0.2, 0.25) is 0 Å². The maximum absolute atomic E-state index is 14.3. The van der Waals surface area contributed by atoms with Gasteiger partial charge in [-0.25, -0.2) is 9.37 Å². The van der Waals surface area contributed by atoms with E-state index in [1.165, 1.54) is 22.4 Å². The van der Waals surface area contributed by atoms with Crippen LogP contribution in [0.2, 0.25) is 0 Å². The van der Waals surface area contributed by atoms with Crippen molar-refractivity contribution in [1.82, 2.24) is 14.3 Å². The summed E-state index contributed by atoms with van der Waals surface area (Å²) in [4.78, 5) is 56.7. The first kappa shape index (κ1) is 40.1. The number of allylic oxidation sites excluding steroid dienone is 2. The van der Waals surface area contributed by atoms with Crippen molar-refractivity contribution >= 4 is 17.7 Å². The molecule has 0 bridgehead atoms. The molecule has 54 heavy (non-hydrogen) atoms. The van der Waals surface area contributed by atoms with Gasteiger partial charge >= 0.3 is 11.9 Å². The molecule has 0 amide bonds. The lowest BCUT2D eigenvalue weighted by Crippen LogP contribution is -2.62. The number of Topliss-reactive ketones (excluding diaryl/α,β-unsaturated/α-hetero) is 1. The SMILES string of the molecule is CC[C@H](CCC1(C)[C@H](C)CC[C@]2(C)[C@@H]1CC[C@@H]1C3=C(C(C)C)C(=O)CC3(c3cc(=O)n(-c4ccc(F)cn4)n3C)CC[C@]12C)OC(=O)CC(C)(C)C(=O)O. The predicted molar refractivity (Wildman–Crippen MR) is 206 cm³/mol. The number of ketones is 1. The molecule has 0 aliphatic heterocycles. The Balaban J connectivity index is 1.34. The predicted octanol–water partition coefficient (Wildman–Crippen LogP) is 8.75. The number of fused-ring (bicyclic) bond motifs is 5. The van der Waals surface area contributed by atoms with Crippen LogP contribution in [0.3, 0.4) is 0 Å². The minimum Gasteiger partial charge on any atom is -0.481 e. The molecule has 2 heterocycles. The summed E-state index contributed by atoms with van der Waals surface area (Å²) in [6.07, 6.45) is 9.26. The zero-order chi connectivity index (χ0) is 39.8. The third-order valence-electron chi connectivity index (χ3n) is 15.6. The molecule has 0 spiro atoms. The molecule has 1 N–H and O–H groups in total. The smallest absolute Gasteiger partial charge is 0.309 e. The van der Waals surface area contributed by atoms with Crippen LogP contribution in [0.5, 0.6) is 0 Å². The van der Waals surface area contributed by atoms with Gasteiger partial charge in [-0.15, -0.1) is 0 Å². The minimum absolute atomic E-state index is 0.000288. The average molecular weight is 748 g/mol. The zero-order valence-corrected chi connectivity index (χ0v) is 34.2. The first-order valence-corrected chi connectivity index (χ1v) is 20.3. The van der Waals surface area contributed by atoms with Crippen molar-refractivity contribution in [1.29, 1.82) is 0 Å². The van der Waals surface area contributed by atoms with Crippen LogP contribution >= 0.6 is 0 Å². The van der Waals surface area contributed by atoms with Gasteiger partial charge in [-0.05, 0) is 135 Å². The van der Waals surface area contributed by atoms with E-state index in [1.54, 1.807) is 19.9 Å². The fourth-order valence-electron chi connectivity index (χ4n) is 12.1. The standard InChI is InChI=1S/C44H62FN3O6/c1-11-29(54-36(51)24-40(5,6)39(52)53)17-18-41(7)27(4)16-19-43(9)32(41)14-13-30-38-37(26(2)3)31(49)23-44(38,21-20-42(30,43)8)33-22-35(50)48(47(33)10)34-15-12-28(45)25-46-34/h12,15,22,25-27,29-30,32H,11,13-14,16-21,23-24H2,1-10H3,(H,52,53)/t27-,29-,30-,32-,41?,42-,43-,44?/m1/s1.